The minimum absolute atomic E-state index is 0. The third-order valence-electron chi connectivity index (χ3n) is 1.14. The van der Waals surface area contributed by atoms with Crippen molar-refractivity contribution in [2.24, 2.45) is 0 Å². The minimum atomic E-state index is 0. The molecule has 0 atom stereocenters. The molecule has 0 saturated heterocycles. The van der Waals surface area contributed by atoms with Crippen molar-refractivity contribution in [3.05, 3.63) is 29.8 Å². The monoisotopic (exact) mass is 183 g/mol. The maximum absolute atomic E-state index is 2.16. The van der Waals surface area contributed by atoms with Gasteiger partial charge >= 0.3 is 0 Å². The first kappa shape index (κ1) is 8.23. The second kappa shape index (κ2) is 4.15. The van der Waals surface area contributed by atoms with Crippen LogP contribution in [-0.4, -0.2) is 0 Å². The van der Waals surface area contributed by atoms with E-state index < -0.39 is 0 Å². The molecule has 0 aliphatic carbocycles. The van der Waals surface area contributed by atoms with Crippen LogP contribution in [0, 0.1) is 0 Å². The van der Waals surface area contributed by atoms with Gasteiger partial charge in [0.2, 0.25) is 0 Å². The largest absolute Gasteiger partial charge is 0.213 e. The Labute approximate surface area is 69.4 Å². The van der Waals surface area contributed by atoms with E-state index in [1.54, 1.807) is 0 Å². The molecule has 0 aliphatic rings. The van der Waals surface area contributed by atoms with Crippen LogP contribution in [0.5, 0.6) is 0 Å². The van der Waals surface area contributed by atoms with Gasteiger partial charge in [-0.05, 0) is 0 Å². The molecule has 0 aliphatic heterocycles. The van der Waals surface area contributed by atoms with Gasteiger partial charge < -0.3 is 0 Å². The maximum atomic E-state index is 2.16. The number of hydrogen-bond acceptors (Lipinski definition) is 0. The van der Waals surface area contributed by atoms with Crippen LogP contribution in [0.25, 0.3) is 0 Å². The Bertz CT molecular complexity index is 119. The average molecular weight is 184 g/mol. The quantitative estimate of drug-likeness (QED) is 0.585. The van der Waals surface area contributed by atoms with E-state index in [0.29, 0.717) is 0 Å². The molecule has 0 radical (unpaired) electrons. The molecular formula is C7H9Zr-. The Kier molecular flexibility index (Phi) is 4.27. The summed E-state index contributed by atoms with van der Waals surface area (Å²) in [5.74, 6) is 0. The van der Waals surface area contributed by atoms with E-state index in [4.69, 9.17) is 0 Å². The van der Waals surface area contributed by atoms with Crippen molar-refractivity contribution in [2.75, 3.05) is 0 Å². The fraction of sp³-hybridized carbons (Fsp3) is 0.286. The van der Waals surface area contributed by atoms with Gasteiger partial charge in [0.25, 0.3) is 0 Å². The van der Waals surface area contributed by atoms with Gasteiger partial charge in [0.1, 0.15) is 0 Å². The van der Waals surface area contributed by atoms with Crippen molar-refractivity contribution in [3.8, 4) is 0 Å². The predicted molar refractivity (Wildman–Crippen MR) is 31.4 cm³/mol. The summed E-state index contributed by atoms with van der Waals surface area (Å²) < 4.78 is 0. The molecule has 8 heavy (non-hydrogen) atoms. The molecule has 0 saturated carbocycles. The smallest absolute Gasteiger partial charge is 0 e. The topological polar surface area (TPSA) is 0 Å². The Hall–Kier alpha value is 0.233. The van der Waals surface area contributed by atoms with Crippen LogP contribution in [-0.2, 0) is 32.6 Å². The van der Waals surface area contributed by atoms with Gasteiger partial charge in [-0.15, -0.1) is 0 Å². The van der Waals surface area contributed by atoms with E-state index >= 15 is 0 Å². The van der Waals surface area contributed by atoms with Crippen LogP contribution in [0.2, 0.25) is 0 Å². The molecule has 42 valence electrons. The van der Waals surface area contributed by atoms with Crippen molar-refractivity contribution in [3.63, 3.8) is 0 Å². The number of hydrogen-bond donors (Lipinski definition) is 0. The van der Waals surface area contributed by atoms with Gasteiger partial charge in [-0.2, -0.15) is 17.7 Å². The molecule has 0 aromatic heterocycles. The summed E-state index contributed by atoms with van der Waals surface area (Å²) >= 11 is 0. The second-order valence-electron chi connectivity index (χ2n) is 1.65. The fourth-order valence-corrected chi connectivity index (χ4v) is 0.650. The minimum Gasteiger partial charge on any atom is -0.213 e. The van der Waals surface area contributed by atoms with Crippen LogP contribution in [0.4, 0.5) is 0 Å². The zero-order chi connectivity index (χ0) is 5.11. The first-order valence-electron chi connectivity index (χ1n) is 2.64. The zero-order valence-electron chi connectivity index (χ0n) is 5.02. The Morgan fingerprint density at radius 1 is 1.25 bits per heavy atom. The van der Waals surface area contributed by atoms with E-state index in [-0.39, 0.29) is 26.2 Å². The van der Waals surface area contributed by atoms with Crippen molar-refractivity contribution in [1.82, 2.24) is 0 Å². The van der Waals surface area contributed by atoms with E-state index in [9.17, 15) is 0 Å². The molecule has 0 unspecified atom stereocenters. The Morgan fingerprint density at radius 2 is 1.75 bits per heavy atom. The predicted octanol–water partition coefficient (Wildman–Crippen LogP) is 1.97. The van der Waals surface area contributed by atoms with E-state index in [0.717, 1.165) is 6.42 Å². The molecule has 0 spiro atoms. The van der Waals surface area contributed by atoms with Crippen molar-refractivity contribution in [1.29, 1.82) is 0 Å². The van der Waals surface area contributed by atoms with Gasteiger partial charge in [-0.25, -0.2) is 12.1 Å². The SMILES string of the molecule is CC[c-]1cccc1.[Zr]. The van der Waals surface area contributed by atoms with E-state index in [1.807, 2.05) is 0 Å². The fourth-order valence-electron chi connectivity index (χ4n) is 0.650. The number of aryl methyl sites for hydroxylation is 1. The number of rotatable bonds is 1. The molecule has 0 amide bonds. The van der Waals surface area contributed by atoms with Gasteiger partial charge in [-0.1, -0.05) is 13.3 Å². The van der Waals surface area contributed by atoms with E-state index in [2.05, 4.69) is 31.2 Å². The molecule has 0 heterocycles. The van der Waals surface area contributed by atoms with Crippen molar-refractivity contribution in [2.45, 2.75) is 13.3 Å². The molecule has 1 aromatic rings. The third-order valence-corrected chi connectivity index (χ3v) is 1.14. The summed E-state index contributed by atoms with van der Waals surface area (Å²) in [4.78, 5) is 0. The molecule has 0 fully saturated rings. The Balaban J connectivity index is 0.000000490. The van der Waals surface area contributed by atoms with Crippen LogP contribution < -0.4 is 0 Å². The zero-order valence-corrected chi connectivity index (χ0v) is 7.47. The van der Waals surface area contributed by atoms with Crippen molar-refractivity contribution >= 4 is 0 Å². The molecular weight excluding hydrogens is 175 g/mol. The van der Waals surface area contributed by atoms with Crippen molar-refractivity contribution < 1.29 is 26.2 Å². The van der Waals surface area contributed by atoms with Gasteiger partial charge in [0.15, 0.2) is 0 Å². The summed E-state index contributed by atoms with van der Waals surface area (Å²) in [6.07, 6.45) is 1.16. The van der Waals surface area contributed by atoms with Gasteiger partial charge in [0.05, 0.1) is 0 Å². The molecule has 0 nitrogen and oxygen atoms in total. The second-order valence-corrected chi connectivity index (χ2v) is 1.65. The summed E-state index contributed by atoms with van der Waals surface area (Å²) in [5.41, 5.74) is 1.43. The van der Waals surface area contributed by atoms with E-state index in [1.165, 1.54) is 5.56 Å². The summed E-state index contributed by atoms with van der Waals surface area (Å²) in [5, 5.41) is 0. The standard InChI is InChI=1S/C7H9.Zr/c1-2-7-5-3-4-6-7;/h3-6H,2H2,1H3;/q-1;. The third kappa shape index (κ3) is 2.00. The molecule has 1 rings (SSSR count). The van der Waals surface area contributed by atoms with Crippen LogP contribution in [0.15, 0.2) is 24.3 Å². The molecule has 1 aromatic carbocycles. The maximum Gasteiger partial charge on any atom is 0 e. The van der Waals surface area contributed by atoms with Gasteiger partial charge in [-0.3, -0.25) is 0 Å². The molecule has 0 bridgehead atoms. The average Bonchev–Trinajstić information content (AvgIpc) is 2.14. The van der Waals surface area contributed by atoms with Crippen LogP contribution >= 0.6 is 0 Å². The Morgan fingerprint density at radius 3 is 2.00 bits per heavy atom. The first-order valence-corrected chi connectivity index (χ1v) is 2.64. The summed E-state index contributed by atoms with van der Waals surface area (Å²) in [6, 6.07) is 8.41. The summed E-state index contributed by atoms with van der Waals surface area (Å²) in [7, 11) is 0. The molecule has 0 N–H and O–H groups in total. The summed E-state index contributed by atoms with van der Waals surface area (Å²) in [6.45, 7) is 2.16. The molecule has 1 heteroatoms. The first-order chi connectivity index (χ1) is 3.43. The van der Waals surface area contributed by atoms with Crippen LogP contribution in [0.1, 0.15) is 12.5 Å². The van der Waals surface area contributed by atoms with Crippen LogP contribution in [0.3, 0.4) is 0 Å². The normalized spacial score (nSPS) is 8.12. The van der Waals surface area contributed by atoms with Gasteiger partial charge in [0, 0.05) is 26.2 Å².